The van der Waals surface area contributed by atoms with Gasteiger partial charge in [-0.15, -0.1) is 0 Å². The van der Waals surface area contributed by atoms with Crippen LogP contribution in [0.2, 0.25) is 0 Å². The van der Waals surface area contributed by atoms with Crippen LogP contribution in [0.15, 0.2) is 30.3 Å². The van der Waals surface area contributed by atoms with Crippen LogP contribution in [0.5, 0.6) is 0 Å². The van der Waals surface area contributed by atoms with Gasteiger partial charge in [0, 0.05) is 25.7 Å². The van der Waals surface area contributed by atoms with Gasteiger partial charge < -0.3 is 10.1 Å². The third-order valence-corrected chi connectivity index (χ3v) is 4.71. The normalized spacial score (nSPS) is 27.2. The van der Waals surface area contributed by atoms with E-state index in [0.29, 0.717) is 12.1 Å². The number of nitrogens with zero attached hydrogens (tertiary/aromatic N) is 1. The maximum atomic E-state index is 5.72. The molecule has 1 N–H and O–H groups in total. The molecule has 1 saturated heterocycles. The molecule has 1 heterocycles. The van der Waals surface area contributed by atoms with Gasteiger partial charge in [-0.1, -0.05) is 30.3 Å². The fourth-order valence-electron chi connectivity index (χ4n) is 3.32. The lowest BCUT2D eigenvalue weighted by Gasteiger charge is -2.44. The van der Waals surface area contributed by atoms with Crippen LogP contribution in [0.25, 0.3) is 0 Å². The number of nitrogens with one attached hydrogen (secondary N) is 1. The molecule has 0 radical (unpaired) electrons. The van der Waals surface area contributed by atoms with Crippen molar-refractivity contribution in [3.8, 4) is 0 Å². The summed E-state index contributed by atoms with van der Waals surface area (Å²) >= 11 is 0. The van der Waals surface area contributed by atoms with Crippen LogP contribution in [-0.2, 0) is 4.74 Å². The number of likely N-dealkylation sites (N-methyl/N-ethyl adjacent to an activating group) is 1. The molecule has 1 aromatic rings. The highest BCUT2D eigenvalue weighted by molar-refractivity contribution is 5.20. The summed E-state index contributed by atoms with van der Waals surface area (Å²) in [5.74, 6) is 0. The third kappa shape index (κ3) is 3.40. The smallest absolute Gasteiger partial charge is 0.0777 e. The molecule has 0 amide bonds. The van der Waals surface area contributed by atoms with E-state index in [-0.39, 0.29) is 5.60 Å². The van der Waals surface area contributed by atoms with Gasteiger partial charge in [-0.2, -0.15) is 0 Å². The second kappa shape index (κ2) is 6.70. The van der Waals surface area contributed by atoms with Crippen LogP contribution in [-0.4, -0.2) is 43.8 Å². The van der Waals surface area contributed by atoms with Gasteiger partial charge in [-0.25, -0.2) is 0 Å². The fourth-order valence-corrected chi connectivity index (χ4v) is 3.32. The summed E-state index contributed by atoms with van der Waals surface area (Å²) in [5.41, 5.74) is 1.36. The molecule has 0 aliphatic carbocycles. The maximum absolute atomic E-state index is 5.72. The monoisotopic (exact) mass is 276 g/mol. The van der Waals surface area contributed by atoms with E-state index in [9.17, 15) is 0 Å². The molecule has 1 aromatic carbocycles. The molecule has 1 aliphatic rings. The molecule has 1 aliphatic heterocycles. The maximum Gasteiger partial charge on any atom is 0.0777 e. The third-order valence-electron chi connectivity index (χ3n) is 4.71. The van der Waals surface area contributed by atoms with Gasteiger partial charge in [-0.3, -0.25) is 4.90 Å². The molecule has 3 atom stereocenters. The second-order valence-corrected chi connectivity index (χ2v) is 6.15. The van der Waals surface area contributed by atoms with E-state index in [1.54, 1.807) is 0 Å². The second-order valence-electron chi connectivity index (χ2n) is 6.15. The van der Waals surface area contributed by atoms with Crippen LogP contribution in [0.3, 0.4) is 0 Å². The van der Waals surface area contributed by atoms with Crippen molar-refractivity contribution in [3.05, 3.63) is 35.9 Å². The van der Waals surface area contributed by atoms with Gasteiger partial charge in [-0.05, 0) is 45.8 Å². The van der Waals surface area contributed by atoms with Crippen molar-refractivity contribution >= 4 is 0 Å². The first-order valence-electron chi connectivity index (χ1n) is 7.61. The van der Waals surface area contributed by atoms with E-state index >= 15 is 0 Å². The summed E-state index contributed by atoms with van der Waals surface area (Å²) < 4.78 is 5.72. The molecule has 0 spiro atoms. The summed E-state index contributed by atoms with van der Waals surface area (Å²) in [7, 11) is 3.88. The lowest BCUT2D eigenvalue weighted by Crippen LogP contribution is -2.53. The number of methoxy groups -OCH3 is 1. The Morgan fingerprint density at radius 3 is 2.60 bits per heavy atom. The Hall–Kier alpha value is -0.900. The summed E-state index contributed by atoms with van der Waals surface area (Å²) in [6.45, 7) is 6.71. The minimum absolute atomic E-state index is 0.00148. The molecule has 3 heteroatoms. The highest BCUT2D eigenvalue weighted by atomic mass is 16.5. The summed E-state index contributed by atoms with van der Waals surface area (Å²) in [6, 6.07) is 11.5. The van der Waals surface area contributed by atoms with Crippen molar-refractivity contribution < 1.29 is 4.74 Å². The lowest BCUT2D eigenvalue weighted by atomic mass is 9.91. The largest absolute Gasteiger partial charge is 0.377 e. The Morgan fingerprint density at radius 2 is 2.00 bits per heavy atom. The zero-order valence-corrected chi connectivity index (χ0v) is 13.2. The number of ether oxygens (including phenoxy) is 1. The van der Waals surface area contributed by atoms with E-state index in [1.165, 1.54) is 12.0 Å². The highest BCUT2D eigenvalue weighted by Crippen LogP contribution is 2.29. The fraction of sp³-hybridized carbons (Fsp3) is 0.647. The van der Waals surface area contributed by atoms with E-state index in [0.717, 1.165) is 19.5 Å². The van der Waals surface area contributed by atoms with Gasteiger partial charge in [0.15, 0.2) is 0 Å². The van der Waals surface area contributed by atoms with E-state index in [4.69, 9.17) is 4.74 Å². The number of rotatable bonds is 5. The van der Waals surface area contributed by atoms with Gasteiger partial charge >= 0.3 is 0 Å². The van der Waals surface area contributed by atoms with Crippen LogP contribution >= 0.6 is 0 Å². The van der Waals surface area contributed by atoms with Gasteiger partial charge in [0.25, 0.3) is 0 Å². The van der Waals surface area contributed by atoms with Crippen molar-refractivity contribution in [2.24, 2.45) is 0 Å². The summed E-state index contributed by atoms with van der Waals surface area (Å²) in [5, 5.41) is 3.48. The van der Waals surface area contributed by atoms with Crippen molar-refractivity contribution in [1.82, 2.24) is 10.2 Å². The molecule has 0 bridgehead atoms. The van der Waals surface area contributed by atoms with Gasteiger partial charge in [0.2, 0.25) is 0 Å². The molecule has 3 nitrogen and oxygen atoms in total. The molecule has 1 fully saturated rings. The quantitative estimate of drug-likeness (QED) is 0.895. The van der Waals surface area contributed by atoms with E-state index < -0.39 is 0 Å². The first-order valence-corrected chi connectivity index (χ1v) is 7.61. The van der Waals surface area contributed by atoms with E-state index in [2.05, 4.69) is 54.4 Å². The van der Waals surface area contributed by atoms with Crippen molar-refractivity contribution in [3.63, 3.8) is 0 Å². The molecular formula is C17H28N2O. The van der Waals surface area contributed by atoms with Crippen molar-refractivity contribution in [1.29, 1.82) is 0 Å². The minimum Gasteiger partial charge on any atom is -0.377 e. The van der Waals surface area contributed by atoms with Crippen molar-refractivity contribution in [2.75, 3.05) is 27.2 Å². The van der Waals surface area contributed by atoms with E-state index in [1.807, 2.05) is 14.2 Å². The topological polar surface area (TPSA) is 24.5 Å². The van der Waals surface area contributed by atoms with Crippen LogP contribution < -0.4 is 5.32 Å². The first kappa shape index (κ1) is 15.5. The zero-order valence-electron chi connectivity index (χ0n) is 13.2. The van der Waals surface area contributed by atoms with Crippen LogP contribution in [0.4, 0.5) is 0 Å². The van der Waals surface area contributed by atoms with Gasteiger partial charge in [0.1, 0.15) is 0 Å². The number of hydrogen-bond acceptors (Lipinski definition) is 3. The van der Waals surface area contributed by atoms with Crippen LogP contribution in [0, 0.1) is 0 Å². The molecule has 0 aromatic heterocycles. The zero-order chi connectivity index (χ0) is 14.6. The summed E-state index contributed by atoms with van der Waals surface area (Å²) in [6.07, 6.45) is 2.36. The predicted molar refractivity (Wildman–Crippen MR) is 83.9 cm³/mol. The molecule has 2 rings (SSSR count). The number of piperidine rings is 1. The Bertz CT molecular complexity index is 409. The number of hydrogen-bond donors (Lipinski definition) is 1. The molecule has 112 valence electrons. The average molecular weight is 276 g/mol. The standard InChI is InChI=1S/C17H28N2O/c1-14(16(18-3)15-9-6-5-7-10-15)19-12-8-11-17(2,13-19)20-4/h5-7,9-10,14,16,18H,8,11-13H2,1-4H3. The first-order chi connectivity index (χ1) is 9.59. The molecule has 20 heavy (non-hydrogen) atoms. The average Bonchev–Trinajstić information content (AvgIpc) is 2.49. The van der Waals surface area contributed by atoms with Crippen LogP contribution in [0.1, 0.15) is 38.3 Å². The Kier molecular flexibility index (Phi) is 5.19. The highest BCUT2D eigenvalue weighted by Gasteiger charge is 2.34. The minimum atomic E-state index is 0.00148. The number of benzene rings is 1. The van der Waals surface area contributed by atoms with Crippen molar-refractivity contribution in [2.45, 2.75) is 44.4 Å². The van der Waals surface area contributed by atoms with Gasteiger partial charge in [0.05, 0.1) is 5.60 Å². The Morgan fingerprint density at radius 1 is 1.30 bits per heavy atom. The lowest BCUT2D eigenvalue weighted by molar-refractivity contribution is -0.0628. The predicted octanol–water partition coefficient (Wildman–Crippen LogP) is 2.84. The molecule has 3 unspecified atom stereocenters. The Balaban J connectivity index is 2.10. The molecule has 0 saturated carbocycles. The number of likely N-dealkylation sites (tertiary alicyclic amines) is 1. The SMILES string of the molecule is CNC(c1ccccc1)C(C)N1CCCC(C)(OC)C1. The Labute approximate surface area is 123 Å². The summed E-state index contributed by atoms with van der Waals surface area (Å²) in [4.78, 5) is 2.56. The molecular weight excluding hydrogens is 248 g/mol.